The molecule has 2 rings (SSSR count). The summed E-state index contributed by atoms with van der Waals surface area (Å²) in [6, 6.07) is 0. The third-order valence-corrected chi connectivity index (χ3v) is 3.12. The van der Waals surface area contributed by atoms with Gasteiger partial charge in [-0.25, -0.2) is 9.97 Å². The lowest BCUT2D eigenvalue weighted by Gasteiger charge is -2.27. The van der Waals surface area contributed by atoms with E-state index in [2.05, 4.69) is 36.5 Å². The summed E-state index contributed by atoms with van der Waals surface area (Å²) in [6.07, 6.45) is 3.09. The minimum absolute atomic E-state index is 0.0945. The lowest BCUT2D eigenvalue weighted by atomic mass is 10.3. The number of piperazine rings is 1. The summed E-state index contributed by atoms with van der Waals surface area (Å²) in [5.41, 5.74) is 0. The summed E-state index contributed by atoms with van der Waals surface area (Å²) in [5, 5.41) is 6.21. The van der Waals surface area contributed by atoms with Gasteiger partial charge in [0, 0.05) is 32.4 Å². The Labute approximate surface area is 108 Å². The molecule has 6 nitrogen and oxygen atoms in total. The maximum atomic E-state index is 11.9. The molecule has 1 amide bonds. The second-order valence-corrected chi connectivity index (χ2v) is 4.56. The molecule has 92 valence electrons. The van der Waals surface area contributed by atoms with Crippen molar-refractivity contribution in [3.63, 3.8) is 0 Å². The van der Waals surface area contributed by atoms with Gasteiger partial charge in [-0.1, -0.05) is 0 Å². The van der Waals surface area contributed by atoms with Gasteiger partial charge in [0.05, 0.1) is 11.0 Å². The summed E-state index contributed by atoms with van der Waals surface area (Å²) in [7, 11) is 0. The van der Waals surface area contributed by atoms with E-state index >= 15 is 0 Å². The van der Waals surface area contributed by atoms with Crippen molar-refractivity contribution in [2.45, 2.75) is 0 Å². The van der Waals surface area contributed by atoms with Crippen molar-refractivity contribution in [2.24, 2.45) is 0 Å². The van der Waals surface area contributed by atoms with Crippen molar-refractivity contribution in [2.75, 3.05) is 38.0 Å². The van der Waals surface area contributed by atoms with Crippen LogP contribution in [0.4, 0.5) is 5.82 Å². The highest BCUT2D eigenvalue weighted by Gasteiger charge is 2.15. The molecule has 1 saturated heterocycles. The first kappa shape index (κ1) is 12.3. The van der Waals surface area contributed by atoms with Gasteiger partial charge in [-0.3, -0.25) is 4.79 Å². The fourth-order valence-electron chi connectivity index (χ4n) is 1.63. The van der Waals surface area contributed by atoms with Crippen molar-refractivity contribution in [1.82, 2.24) is 20.2 Å². The van der Waals surface area contributed by atoms with Gasteiger partial charge < -0.3 is 15.5 Å². The number of anilines is 1. The fraction of sp³-hybridized carbons (Fsp3) is 0.500. The molecule has 0 aliphatic carbocycles. The van der Waals surface area contributed by atoms with Crippen LogP contribution in [0.25, 0.3) is 0 Å². The molecule has 1 fully saturated rings. The monoisotopic (exact) mass is 299 g/mol. The standard InChI is InChI=1S/C10H14BrN5O/c11-8-5-13-7-15-10(8)14-6-9(17)16-3-1-12-2-4-16/h5,7,12H,1-4,6H2,(H,13,14,15). The summed E-state index contributed by atoms with van der Waals surface area (Å²) >= 11 is 3.32. The Morgan fingerprint density at radius 1 is 1.53 bits per heavy atom. The number of nitrogens with one attached hydrogen (secondary N) is 2. The minimum atomic E-state index is 0.0945. The predicted octanol–water partition coefficient (Wildman–Crippen LogP) is 0.0828. The van der Waals surface area contributed by atoms with Gasteiger partial charge in [0.1, 0.15) is 12.1 Å². The maximum Gasteiger partial charge on any atom is 0.242 e. The molecule has 0 aromatic carbocycles. The zero-order chi connectivity index (χ0) is 12.1. The number of carbonyl (C=O) groups excluding carboxylic acids is 1. The Hall–Kier alpha value is -1.21. The number of hydrogen-bond acceptors (Lipinski definition) is 5. The van der Waals surface area contributed by atoms with Gasteiger partial charge in [0.25, 0.3) is 0 Å². The van der Waals surface area contributed by atoms with E-state index in [1.807, 2.05) is 4.90 Å². The number of nitrogens with zero attached hydrogens (tertiary/aromatic N) is 3. The second-order valence-electron chi connectivity index (χ2n) is 3.70. The first-order valence-corrected chi connectivity index (χ1v) is 6.24. The van der Waals surface area contributed by atoms with E-state index in [0.29, 0.717) is 5.82 Å². The molecule has 0 saturated carbocycles. The number of aromatic nitrogens is 2. The largest absolute Gasteiger partial charge is 0.360 e. The molecule has 7 heteroatoms. The van der Waals surface area contributed by atoms with Gasteiger partial charge in [-0.15, -0.1) is 0 Å². The molecule has 0 atom stereocenters. The Morgan fingerprint density at radius 2 is 2.29 bits per heavy atom. The highest BCUT2D eigenvalue weighted by molar-refractivity contribution is 9.10. The number of hydrogen-bond donors (Lipinski definition) is 2. The Bertz CT molecular complexity index is 394. The Kier molecular flexibility index (Phi) is 4.27. The van der Waals surface area contributed by atoms with E-state index in [0.717, 1.165) is 30.7 Å². The summed E-state index contributed by atoms with van der Waals surface area (Å²) in [6.45, 7) is 3.53. The molecule has 2 heterocycles. The third kappa shape index (κ3) is 3.37. The van der Waals surface area contributed by atoms with E-state index in [1.165, 1.54) is 6.33 Å². The van der Waals surface area contributed by atoms with E-state index in [9.17, 15) is 4.79 Å². The van der Waals surface area contributed by atoms with Crippen LogP contribution in [0.2, 0.25) is 0 Å². The van der Waals surface area contributed by atoms with Gasteiger partial charge in [0.2, 0.25) is 5.91 Å². The molecule has 0 radical (unpaired) electrons. The molecule has 1 aliphatic heterocycles. The summed E-state index contributed by atoms with van der Waals surface area (Å²) in [4.78, 5) is 21.6. The summed E-state index contributed by atoms with van der Waals surface area (Å²) < 4.78 is 0.758. The van der Waals surface area contributed by atoms with Gasteiger partial charge in [-0.2, -0.15) is 0 Å². The molecular formula is C10H14BrN5O. The predicted molar refractivity (Wildman–Crippen MR) is 67.7 cm³/mol. The Morgan fingerprint density at radius 3 is 3.00 bits per heavy atom. The highest BCUT2D eigenvalue weighted by Crippen LogP contribution is 2.16. The van der Waals surface area contributed by atoms with Crippen LogP contribution in [0.3, 0.4) is 0 Å². The van der Waals surface area contributed by atoms with Crippen LogP contribution in [0.1, 0.15) is 0 Å². The molecule has 0 unspecified atom stereocenters. The van der Waals surface area contributed by atoms with Gasteiger partial charge >= 0.3 is 0 Å². The average Bonchev–Trinajstić information content (AvgIpc) is 2.38. The van der Waals surface area contributed by atoms with Crippen LogP contribution in [-0.2, 0) is 4.79 Å². The van der Waals surface area contributed by atoms with Gasteiger partial charge in [0.15, 0.2) is 0 Å². The average molecular weight is 300 g/mol. The molecule has 0 spiro atoms. The summed E-state index contributed by atoms with van der Waals surface area (Å²) in [5.74, 6) is 0.737. The van der Waals surface area contributed by atoms with E-state index in [4.69, 9.17) is 0 Å². The number of carbonyl (C=O) groups is 1. The van der Waals surface area contributed by atoms with Crippen LogP contribution >= 0.6 is 15.9 Å². The van der Waals surface area contributed by atoms with Crippen LogP contribution in [0, 0.1) is 0 Å². The lowest BCUT2D eigenvalue weighted by Crippen LogP contribution is -2.48. The van der Waals surface area contributed by atoms with Crippen molar-refractivity contribution in [3.05, 3.63) is 17.0 Å². The molecule has 1 aliphatic rings. The number of amides is 1. The molecule has 2 N–H and O–H groups in total. The van der Waals surface area contributed by atoms with Crippen LogP contribution < -0.4 is 10.6 Å². The quantitative estimate of drug-likeness (QED) is 0.827. The van der Waals surface area contributed by atoms with Crippen molar-refractivity contribution >= 4 is 27.7 Å². The number of rotatable bonds is 3. The van der Waals surface area contributed by atoms with Crippen LogP contribution in [0.5, 0.6) is 0 Å². The van der Waals surface area contributed by atoms with Gasteiger partial charge in [-0.05, 0) is 15.9 Å². The molecule has 1 aromatic heterocycles. The molecule has 0 bridgehead atoms. The van der Waals surface area contributed by atoms with Crippen molar-refractivity contribution < 1.29 is 4.79 Å². The number of halogens is 1. The second kappa shape index (κ2) is 5.92. The lowest BCUT2D eigenvalue weighted by molar-refractivity contribution is -0.129. The van der Waals surface area contributed by atoms with Crippen LogP contribution in [0.15, 0.2) is 17.0 Å². The highest BCUT2D eigenvalue weighted by atomic mass is 79.9. The van der Waals surface area contributed by atoms with Crippen molar-refractivity contribution in [3.8, 4) is 0 Å². The zero-order valence-electron chi connectivity index (χ0n) is 9.32. The van der Waals surface area contributed by atoms with E-state index < -0.39 is 0 Å². The third-order valence-electron chi connectivity index (χ3n) is 2.54. The molecule has 1 aromatic rings. The van der Waals surface area contributed by atoms with E-state index in [-0.39, 0.29) is 12.5 Å². The normalized spacial score (nSPS) is 15.7. The molecule has 17 heavy (non-hydrogen) atoms. The SMILES string of the molecule is O=C(CNc1ncncc1Br)N1CCNCC1. The zero-order valence-corrected chi connectivity index (χ0v) is 10.9. The first-order chi connectivity index (χ1) is 8.27. The smallest absolute Gasteiger partial charge is 0.242 e. The Balaban J connectivity index is 1.85. The first-order valence-electron chi connectivity index (χ1n) is 5.45. The maximum absolute atomic E-state index is 11.9. The fourth-order valence-corrected chi connectivity index (χ4v) is 1.99. The molecular weight excluding hydrogens is 286 g/mol. The van der Waals surface area contributed by atoms with Crippen LogP contribution in [-0.4, -0.2) is 53.5 Å². The van der Waals surface area contributed by atoms with Crippen molar-refractivity contribution in [1.29, 1.82) is 0 Å². The topological polar surface area (TPSA) is 70.2 Å². The van der Waals surface area contributed by atoms with E-state index in [1.54, 1.807) is 6.20 Å². The minimum Gasteiger partial charge on any atom is -0.360 e.